The molecule has 5 aromatic rings. The summed E-state index contributed by atoms with van der Waals surface area (Å²) in [5.41, 5.74) is 5.07. The van der Waals surface area contributed by atoms with Crippen LogP contribution in [0.4, 0.5) is 26.0 Å². The zero-order valence-corrected chi connectivity index (χ0v) is 39.3. The number of hydroxylamine groups is 1. The number of hydrogen-bond donors (Lipinski definition) is 3. The van der Waals surface area contributed by atoms with E-state index in [0.29, 0.717) is 52.6 Å². The lowest BCUT2D eigenvalue weighted by atomic mass is 9.83. The predicted octanol–water partition coefficient (Wildman–Crippen LogP) is 7.30. The molecule has 16 nitrogen and oxygen atoms in total. The molecule has 0 spiro atoms. The molecule has 1 aliphatic carbocycles. The van der Waals surface area contributed by atoms with Crippen molar-refractivity contribution in [1.29, 1.82) is 0 Å². The van der Waals surface area contributed by atoms with Gasteiger partial charge >= 0.3 is 5.88 Å². The highest BCUT2D eigenvalue weighted by Crippen LogP contribution is 2.55. The minimum Gasteiger partial charge on any atom is -0.388 e. The molecule has 5 aliphatic rings. The van der Waals surface area contributed by atoms with Crippen LogP contribution in [0.5, 0.6) is 0 Å². The molecule has 0 bridgehead atoms. The maximum Gasteiger partial charge on any atom is 0.332 e. The van der Waals surface area contributed by atoms with Gasteiger partial charge in [-0.15, -0.1) is 0 Å². The predicted molar refractivity (Wildman–Crippen MR) is 260 cm³/mol. The minimum atomic E-state index is -2.87. The van der Waals surface area contributed by atoms with Crippen molar-refractivity contribution in [1.82, 2.24) is 30.0 Å². The van der Waals surface area contributed by atoms with Gasteiger partial charge in [0.1, 0.15) is 28.7 Å². The molecule has 1 saturated heterocycles. The molecular weight excluding hydrogens is 899 g/mol. The first-order valence-electron chi connectivity index (χ1n) is 26.0. The number of nitrogens with one attached hydrogen (secondary N) is 3. The van der Waals surface area contributed by atoms with Crippen molar-refractivity contribution >= 4 is 57.6 Å². The number of benzene rings is 3. The number of hydrogen-bond acceptors (Lipinski definition) is 12. The number of nitrogens with zero attached hydrogens (tertiary/aromatic N) is 7. The summed E-state index contributed by atoms with van der Waals surface area (Å²) in [5, 5.41) is 9.97. The van der Waals surface area contributed by atoms with Crippen LogP contribution < -0.4 is 25.9 Å². The van der Waals surface area contributed by atoms with Crippen LogP contribution in [0.2, 0.25) is 0 Å². The maximum atomic E-state index is 16.5. The van der Waals surface area contributed by atoms with Gasteiger partial charge in [-0.1, -0.05) is 13.0 Å². The smallest absolute Gasteiger partial charge is 0.332 e. The Morgan fingerprint density at radius 2 is 1.77 bits per heavy atom. The Hall–Kier alpha value is -7.52. The van der Waals surface area contributed by atoms with E-state index in [2.05, 4.69) is 41.8 Å². The van der Waals surface area contributed by atoms with Gasteiger partial charge in [0.15, 0.2) is 17.7 Å². The summed E-state index contributed by atoms with van der Waals surface area (Å²) in [6.45, 7) is 6.28. The fourth-order valence-corrected chi connectivity index (χ4v) is 10.9. The molecular formula is C52H54F2N10O6. The number of carbonyl (C=O) groups is 2. The zero-order valence-electron chi connectivity index (χ0n) is 45.3. The number of aliphatic imine (C=N–C) groups is 1. The average molecular weight is 959 g/mol. The second kappa shape index (κ2) is 17.2. The Kier molecular flexibility index (Phi) is 9.64. The van der Waals surface area contributed by atoms with E-state index in [0.717, 1.165) is 46.3 Å². The van der Waals surface area contributed by atoms with Gasteiger partial charge in [0, 0.05) is 76.3 Å². The largest absolute Gasteiger partial charge is 0.388 e. The number of amidine groups is 1. The second-order valence-corrected chi connectivity index (χ2v) is 19.3. The summed E-state index contributed by atoms with van der Waals surface area (Å²) in [7, 11) is 0. The molecule has 3 aromatic carbocycles. The molecule has 18 heteroatoms. The molecule has 70 heavy (non-hydrogen) atoms. The molecule has 2 amide bonds. The summed E-state index contributed by atoms with van der Waals surface area (Å²) >= 11 is 0. The van der Waals surface area contributed by atoms with E-state index in [1.165, 1.54) is 22.0 Å². The highest BCUT2D eigenvalue weighted by Gasteiger charge is 2.60. The second-order valence-electron chi connectivity index (χ2n) is 19.3. The SMILES string of the molecule is [2H]C([2H])([2H])NC(=O)Cc1cc(F)c(N2C=CN(c3c4c(nn3-c3cc(C)c(F)c(C)c3)CCN(C(=O)c3cc5cc([C@H]6CCOC(C)(C)C6)ccc5n3[C@@]3(C5=NC(=C=O)ON5)C[C@@H]3C)[C@H]4C)C2=C=O)cc1NC([2H])([2H])[2H]. The van der Waals surface area contributed by atoms with Gasteiger partial charge in [0.05, 0.1) is 35.1 Å². The van der Waals surface area contributed by atoms with E-state index < -0.39 is 49.5 Å². The zero-order chi connectivity index (χ0) is 54.6. The lowest BCUT2D eigenvalue weighted by Crippen LogP contribution is -2.43. The van der Waals surface area contributed by atoms with Crippen LogP contribution in [-0.4, -0.2) is 81.5 Å². The Bertz CT molecular complexity index is 3420. The number of likely N-dealkylation sites (N-methyl/N-ethyl adjacent to an activating group) is 1. The van der Waals surface area contributed by atoms with Crippen molar-refractivity contribution in [2.24, 2.45) is 10.9 Å². The number of aryl methyl sites for hydroxylation is 2. The van der Waals surface area contributed by atoms with Crippen molar-refractivity contribution in [2.45, 2.75) is 96.7 Å². The first kappa shape index (κ1) is 39.3. The van der Waals surface area contributed by atoms with Gasteiger partial charge < -0.3 is 29.7 Å². The van der Waals surface area contributed by atoms with E-state index in [9.17, 15) is 14.4 Å². The van der Waals surface area contributed by atoms with E-state index in [4.69, 9.17) is 22.9 Å². The maximum absolute atomic E-state index is 16.5. The molecule has 4 aliphatic heterocycles. The first-order chi connectivity index (χ1) is 35.8. The normalized spacial score (nSPS) is 24.0. The van der Waals surface area contributed by atoms with Crippen LogP contribution in [0.25, 0.3) is 16.6 Å². The molecule has 2 fully saturated rings. The molecule has 10 rings (SSSR count). The fraction of sp³-hybridized carbons (Fsp3) is 0.385. The summed E-state index contributed by atoms with van der Waals surface area (Å²) in [4.78, 5) is 67.7. The molecule has 2 aromatic heterocycles. The van der Waals surface area contributed by atoms with Gasteiger partial charge in [-0.3, -0.25) is 19.4 Å². The Morgan fingerprint density at radius 1 is 1.00 bits per heavy atom. The number of fused-ring (bicyclic) bond motifs is 2. The molecule has 3 N–H and O–H groups in total. The van der Waals surface area contributed by atoms with E-state index in [1.807, 2.05) is 41.8 Å². The number of rotatable bonds is 10. The van der Waals surface area contributed by atoms with Crippen LogP contribution in [-0.2, 0) is 42.3 Å². The topological polar surface area (TPSA) is 168 Å². The summed E-state index contributed by atoms with van der Waals surface area (Å²) < 4.78 is 87.4. The third-order valence-electron chi connectivity index (χ3n) is 14.4. The van der Waals surface area contributed by atoms with Gasteiger partial charge in [0.2, 0.25) is 11.7 Å². The number of amides is 2. The molecule has 0 radical (unpaired) electrons. The van der Waals surface area contributed by atoms with Crippen molar-refractivity contribution in [3.8, 4) is 5.69 Å². The quantitative estimate of drug-likeness (QED) is 0.120. The Morgan fingerprint density at radius 3 is 2.46 bits per heavy atom. The lowest BCUT2D eigenvalue weighted by molar-refractivity contribution is -0.119. The third kappa shape index (κ3) is 7.45. The highest BCUT2D eigenvalue weighted by molar-refractivity contribution is 6.03. The van der Waals surface area contributed by atoms with Crippen LogP contribution >= 0.6 is 0 Å². The van der Waals surface area contributed by atoms with Crippen LogP contribution in [0.15, 0.2) is 77.6 Å². The minimum absolute atomic E-state index is 0.0648. The fourth-order valence-electron chi connectivity index (χ4n) is 10.9. The van der Waals surface area contributed by atoms with Gasteiger partial charge in [-0.2, -0.15) is 10.1 Å². The van der Waals surface area contributed by atoms with E-state index in [1.54, 1.807) is 36.8 Å². The Balaban J connectivity index is 1.08. The molecule has 1 saturated carbocycles. The van der Waals surface area contributed by atoms with Crippen LogP contribution in [0, 0.1) is 31.4 Å². The molecule has 0 unspecified atom stereocenters. The van der Waals surface area contributed by atoms with Crippen LogP contribution in [0.1, 0.15) is 111 Å². The summed E-state index contributed by atoms with van der Waals surface area (Å²) in [5.74, 6) is 0.939. The van der Waals surface area contributed by atoms with Gasteiger partial charge in [-0.05, 0) is 130 Å². The number of halogens is 2. The van der Waals surface area contributed by atoms with E-state index in [-0.39, 0.29) is 70.8 Å². The number of carbonyl (C=O) groups excluding carboxylic acids is 4. The first-order valence-corrected chi connectivity index (χ1v) is 23.0. The number of anilines is 3. The Labute approximate surface area is 411 Å². The van der Waals surface area contributed by atoms with Crippen molar-refractivity contribution in [2.75, 3.05) is 42.2 Å². The van der Waals surface area contributed by atoms with Crippen molar-refractivity contribution in [3.05, 3.63) is 123 Å². The summed E-state index contributed by atoms with van der Waals surface area (Å²) in [6.07, 6.45) is 4.49. The van der Waals surface area contributed by atoms with Gasteiger partial charge in [0.25, 0.3) is 5.91 Å². The third-order valence-corrected chi connectivity index (χ3v) is 14.4. The number of aromatic nitrogens is 3. The monoisotopic (exact) mass is 958 g/mol. The lowest BCUT2D eigenvalue weighted by Gasteiger charge is -2.36. The standard InChI is InChI=1S/C52H54F2N10O6/c1-28-17-36(18-29(2)47(28)54)64-48(62-15-14-61(45(62)27-66)41-23-39(55-7)34(20-37(41)53)22-43(67)56-8)46-31(4)60(13-11-38(46)58-64)49(68)42-21-35-19-32(33-12-16-69-51(5,6)25-33)9-10-40(35)63(42)52(24-30(52)3)50-57-44(26-65)70-59-50/h9-10,14-15,17-21,23,30-31,33,55H,11-13,16,22,24-25H2,1-8H3,(H,56,67)(H,57,59)/t30-,31-,33-,52-/m0/s1/i7D3,8D3. The highest BCUT2D eigenvalue weighted by atomic mass is 19.1. The summed E-state index contributed by atoms with van der Waals surface area (Å²) in [6, 6.07) is 12.5. The molecule has 4 atom stereocenters. The number of ether oxygens (including phenoxy) is 1. The molecule has 6 heterocycles. The van der Waals surface area contributed by atoms with Gasteiger partial charge in [-0.25, -0.2) is 28.5 Å². The van der Waals surface area contributed by atoms with Crippen molar-refractivity contribution in [3.63, 3.8) is 0 Å². The average Bonchev–Trinajstić information content (AvgIpc) is 4.05. The van der Waals surface area contributed by atoms with E-state index >= 15 is 13.6 Å². The van der Waals surface area contributed by atoms with Crippen LogP contribution in [0.3, 0.4) is 0 Å². The van der Waals surface area contributed by atoms with Crippen molar-refractivity contribution < 1.29 is 45.8 Å². The molecule has 362 valence electrons.